The minimum absolute atomic E-state index is 0.0311. The van der Waals surface area contributed by atoms with Gasteiger partial charge >= 0.3 is 6.09 Å². The molecule has 1 atom stereocenters. The molecule has 0 fully saturated rings. The molecule has 0 aliphatic carbocycles. The number of fused-ring (bicyclic) bond motifs is 1. The Hall–Kier alpha value is -4.54. The summed E-state index contributed by atoms with van der Waals surface area (Å²) in [5, 5.41) is 27.8. The summed E-state index contributed by atoms with van der Waals surface area (Å²) >= 11 is 6.06. The lowest BCUT2D eigenvalue weighted by Crippen LogP contribution is -2.42. The van der Waals surface area contributed by atoms with Crippen LogP contribution in [0.25, 0.3) is 10.8 Å². The number of aliphatic imine (C=N–C) groups is 1. The van der Waals surface area contributed by atoms with E-state index in [1.54, 1.807) is 19.2 Å². The fourth-order valence-corrected chi connectivity index (χ4v) is 4.55. The van der Waals surface area contributed by atoms with E-state index in [9.17, 15) is 23.5 Å². The Morgan fingerprint density at radius 1 is 1.22 bits per heavy atom. The molecule has 2 amide bonds. The number of guanidine groups is 1. The molecule has 46 heavy (non-hydrogen) atoms. The molecule has 0 saturated carbocycles. The standard InChI is InChI=1S/C32H38ClF2N7O4/c1-32(2,19-43)18-39-30(40-20-36)37-13-5-7-25(42(3)28(44)12-10-21-6-4-8-26(35)29(21)33)17-46-31(45)41-27-15-23-14-24(34)11-9-22(23)16-38-27/h4,6,8-9,11,14-16,25,43H,5,7,10,12-13,17-19H2,1-3H3,(H2,37,39,40)(H,38,41,45)/t25-/m0/s1. The number of aliphatic hydroxyl groups excluding tert-OH is 1. The number of halogens is 3. The van der Waals surface area contributed by atoms with Crippen molar-refractivity contribution in [2.75, 3.05) is 38.7 Å². The number of amides is 2. The van der Waals surface area contributed by atoms with E-state index in [-0.39, 0.29) is 55.3 Å². The van der Waals surface area contributed by atoms with E-state index < -0.39 is 29.2 Å². The third-order valence-electron chi connectivity index (χ3n) is 7.18. The van der Waals surface area contributed by atoms with E-state index in [0.29, 0.717) is 35.7 Å². The van der Waals surface area contributed by atoms with Crippen molar-refractivity contribution in [2.24, 2.45) is 10.4 Å². The predicted octanol–water partition coefficient (Wildman–Crippen LogP) is 4.99. The number of nitriles is 1. The van der Waals surface area contributed by atoms with Crippen molar-refractivity contribution in [1.29, 1.82) is 5.26 Å². The number of anilines is 1. The molecule has 0 radical (unpaired) electrons. The van der Waals surface area contributed by atoms with Crippen LogP contribution < -0.4 is 16.0 Å². The van der Waals surface area contributed by atoms with Crippen LogP contribution in [0.5, 0.6) is 0 Å². The van der Waals surface area contributed by atoms with Crippen LogP contribution in [-0.2, 0) is 16.0 Å². The average Bonchev–Trinajstić information content (AvgIpc) is 3.03. The monoisotopic (exact) mass is 657 g/mol. The van der Waals surface area contributed by atoms with Crippen molar-refractivity contribution in [1.82, 2.24) is 20.5 Å². The minimum Gasteiger partial charge on any atom is -0.447 e. The van der Waals surface area contributed by atoms with Crippen LogP contribution in [0.2, 0.25) is 5.02 Å². The highest BCUT2D eigenvalue weighted by Gasteiger charge is 2.23. The average molecular weight is 658 g/mol. The lowest BCUT2D eigenvalue weighted by Gasteiger charge is -2.28. The van der Waals surface area contributed by atoms with Crippen LogP contribution in [0.15, 0.2) is 53.7 Å². The summed E-state index contributed by atoms with van der Waals surface area (Å²) in [5.74, 6) is -0.839. The van der Waals surface area contributed by atoms with E-state index in [4.69, 9.17) is 21.6 Å². The highest BCUT2D eigenvalue weighted by Crippen LogP contribution is 2.22. The summed E-state index contributed by atoms with van der Waals surface area (Å²) < 4.78 is 33.0. The van der Waals surface area contributed by atoms with Crippen LogP contribution in [0.3, 0.4) is 0 Å². The zero-order valence-corrected chi connectivity index (χ0v) is 26.7. The molecular weight excluding hydrogens is 620 g/mol. The number of hydrogen-bond donors (Lipinski definition) is 4. The molecular formula is C32H38ClF2N7O4. The number of ether oxygens (including phenoxy) is 1. The van der Waals surface area contributed by atoms with Gasteiger partial charge in [0, 0.05) is 43.6 Å². The largest absolute Gasteiger partial charge is 0.447 e. The zero-order valence-electron chi connectivity index (χ0n) is 25.9. The fraction of sp³-hybridized carbons (Fsp3) is 0.406. The van der Waals surface area contributed by atoms with Crippen LogP contribution in [-0.4, -0.2) is 72.3 Å². The molecule has 14 heteroatoms. The quantitative estimate of drug-likeness (QED) is 0.0622. The summed E-state index contributed by atoms with van der Waals surface area (Å²) in [7, 11) is 1.59. The maximum Gasteiger partial charge on any atom is 0.412 e. The molecule has 0 spiro atoms. The summed E-state index contributed by atoms with van der Waals surface area (Å²) in [4.78, 5) is 35.8. The van der Waals surface area contributed by atoms with Gasteiger partial charge in [0.1, 0.15) is 24.1 Å². The number of nitrogens with one attached hydrogen (secondary N) is 3. The van der Waals surface area contributed by atoms with Crippen molar-refractivity contribution in [3.63, 3.8) is 0 Å². The molecule has 11 nitrogen and oxygen atoms in total. The maximum atomic E-state index is 13.9. The third kappa shape index (κ3) is 11.1. The van der Waals surface area contributed by atoms with Crippen LogP contribution in [0.4, 0.5) is 19.4 Å². The van der Waals surface area contributed by atoms with Gasteiger partial charge in [-0.1, -0.05) is 37.6 Å². The van der Waals surface area contributed by atoms with E-state index in [2.05, 4.69) is 25.9 Å². The topological polar surface area (TPSA) is 152 Å². The number of rotatable bonds is 14. The Morgan fingerprint density at radius 2 is 2.00 bits per heavy atom. The number of aryl methyl sites for hydroxylation is 1. The molecule has 0 bridgehead atoms. The van der Waals surface area contributed by atoms with Crippen LogP contribution >= 0.6 is 11.6 Å². The first-order chi connectivity index (χ1) is 21.9. The number of likely N-dealkylation sites (N-methyl/N-ethyl adjacent to an activating group) is 1. The SMILES string of the molecule is CN(C(=O)CCc1cccc(F)c1Cl)[C@@H](CCCNC(=NCC(C)(C)CO)NC#N)COC(=O)Nc1cc2cc(F)ccc2cn1. The first-order valence-electron chi connectivity index (χ1n) is 14.6. The first kappa shape index (κ1) is 35.9. The van der Waals surface area contributed by atoms with E-state index in [1.165, 1.54) is 41.4 Å². The summed E-state index contributed by atoms with van der Waals surface area (Å²) in [6.07, 6.45) is 3.68. The van der Waals surface area contributed by atoms with E-state index >= 15 is 0 Å². The number of aliphatic hydroxyl groups is 1. The highest BCUT2D eigenvalue weighted by molar-refractivity contribution is 6.31. The van der Waals surface area contributed by atoms with Gasteiger partial charge in [-0.2, -0.15) is 5.26 Å². The molecule has 0 saturated heterocycles. The van der Waals surface area contributed by atoms with E-state index in [1.807, 2.05) is 20.0 Å². The number of benzene rings is 2. The summed E-state index contributed by atoms with van der Waals surface area (Å²) in [6, 6.07) is 9.62. The number of carbonyl (C=O) groups excluding carboxylic acids is 2. The molecule has 1 aromatic heterocycles. The van der Waals surface area contributed by atoms with Gasteiger partial charge in [-0.05, 0) is 60.5 Å². The van der Waals surface area contributed by atoms with Gasteiger partial charge < -0.3 is 20.1 Å². The van der Waals surface area contributed by atoms with Gasteiger partial charge in [0.2, 0.25) is 11.9 Å². The minimum atomic E-state index is -0.807. The lowest BCUT2D eigenvalue weighted by molar-refractivity contribution is -0.132. The zero-order chi connectivity index (χ0) is 33.7. The van der Waals surface area contributed by atoms with Gasteiger partial charge in [-0.3, -0.25) is 20.4 Å². The molecule has 246 valence electrons. The van der Waals surface area contributed by atoms with Crippen molar-refractivity contribution in [3.05, 3.63) is 70.9 Å². The molecule has 1 heterocycles. The van der Waals surface area contributed by atoms with Crippen molar-refractivity contribution < 1.29 is 28.2 Å². The number of nitrogens with zero attached hydrogens (tertiary/aromatic N) is 4. The highest BCUT2D eigenvalue weighted by atomic mass is 35.5. The second-order valence-corrected chi connectivity index (χ2v) is 11.8. The molecule has 4 N–H and O–H groups in total. The number of aromatic nitrogens is 1. The van der Waals surface area contributed by atoms with Gasteiger partial charge in [0.25, 0.3) is 0 Å². The molecule has 0 aliphatic rings. The molecule has 3 rings (SSSR count). The van der Waals surface area contributed by atoms with Crippen molar-refractivity contribution in [2.45, 2.75) is 45.6 Å². The number of carbonyl (C=O) groups is 2. The van der Waals surface area contributed by atoms with Gasteiger partial charge in [-0.25, -0.2) is 18.6 Å². The smallest absolute Gasteiger partial charge is 0.412 e. The summed E-state index contributed by atoms with van der Waals surface area (Å²) in [6.45, 7) is 4.10. The van der Waals surface area contributed by atoms with Gasteiger partial charge in [0.15, 0.2) is 6.19 Å². The normalized spacial score (nSPS) is 12.3. The van der Waals surface area contributed by atoms with Crippen LogP contribution in [0.1, 0.15) is 38.7 Å². The Morgan fingerprint density at radius 3 is 2.74 bits per heavy atom. The Balaban J connectivity index is 1.64. The summed E-state index contributed by atoms with van der Waals surface area (Å²) in [5.41, 5.74) is 0.0357. The van der Waals surface area contributed by atoms with E-state index in [0.717, 1.165) is 0 Å². The second-order valence-electron chi connectivity index (χ2n) is 11.4. The van der Waals surface area contributed by atoms with Gasteiger partial charge in [-0.15, -0.1) is 0 Å². The Kier molecular flexibility index (Phi) is 13.5. The van der Waals surface area contributed by atoms with Gasteiger partial charge in [0.05, 0.1) is 17.6 Å². The third-order valence-corrected chi connectivity index (χ3v) is 7.60. The molecule has 3 aromatic rings. The Labute approximate surface area is 271 Å². The predicted molar refractivity (Wildman–Crippen MR) is 172 cm³/mol. The Bertz CT molecular complexity index is 1580. The molecule has 0 aliphatic heterocycles. The van der Waals surface area contributed by atoms with Crippen molar-refractivity contribution >= 4 is 46.2 Å². The number of hydrogen-bond acceptors (Lipinski definition) is 7. The lowest BCUT2D eigenvalue weighted by atomic mass is 9.95. The first-order valence-corrected chi connectivity index (χ1v) is 15.0. The maximum absolute atomic E-state index is 13.9. The fourth-order valence-electron chi connectivity index (χ4n) is 4.32. The second kappa shape index (κ2) is 17.2. The molecule has 2 aromatic carbocycles. The molecule has 0 unspecified atom stereocenters. The van der Waals surface area contributed by atoms with Crippen molar-refractivity contribution in [3.8, 4) is 6.19 Å². The number of pyridine rings is 1. The van der Waals surface area contributed by atoms with Crippen LogP contribution in [0, 0.1) is 28.5 Å².